The molecular weight excluding hydrogens is 148 g/mol. The lowest BCUT2D eigenvalue weighted by Crippen LogP contribution is -1.91. The van der Waals surface area contributed by atoms with Crippen LogP contribution in [0.2, 0.25) is 0 Å². The Bertz CT molecular complexity index is 253. The van der Waals surface area contributed by atoms with Gasteiger partial charge in [0.2, 0.25) is 0 Å². The van der Waals surface area contributed by atoms with Gasteiger partial charge in [-0.25, -0.2) is 0 Å². The van der Waals surface area contributed by atoms with Gasteiger partial charge in [-0.1, -0.05) is 13.0 Å². The minimum atomic E-state index is 0.942. The first kappa shape index (κ1) is 9.11. The molecule has 0 aliphatic rings. The summed E-state index contributed by atoms with van der Waals surface area (Å²) in [4.78, 5) is 0. The maximum atomic E-state index is 5.14. The number of ether oxygens (including phenoxy) is 1. The molecule has 0 atom stereocenters. The highest BCUT2D eigenvalue weighted by atomic mass is 16.5. The van der Waals surface area contributed by atoms with Crippen LogP contribution >= 0.6 is 0 Å². The molecule has 1 rings (SSSR count). The number of methoxy groups -OCH3 is 1. The van der Waals surface area contributed by atoms with Crippen molar-refractivity contribution in [3.8, 4) is 5.75 Å². The van der Waals surface area contributed by atoms with E-state index in [-0.39, 0.29) is 0 Å². The summed E-state index contributed by atoms with van der Waals surface area (Å²) in [5.74, 6) is 0.942. The molecule has 1 aromatic carbocycles. The van der Waals surface area contributed by atoms with Gasteiger partial charge >= 0.3 is 0 Å². The molecule has 0 fully saturated rings. The molecule has 0 amide bonds. The normalized spacial score (nSPS) is 9.92. The van der Waals surface area contributed by atoms with Crippen LogP contribution in [0.3, 0.4) is 0 Å². The highest BCUT2D eigenvalue weighted by Gasteiger charge is 1.98. The zero-order chi connectivity index (χ0) is 8.97. The number of aryl methyl sites for hydroxylation is 1. The zero-order valence-electron chi connectivity index (χ0n) is 7.92. The van der Waals surface area contributed by atoms with Crippen molar-refractivity contribution in [2.24, 2.45) is 0 Å². The van der Waals surface area contributed by atoms with E-state index >= 15 is 0 Å². The van der Waals surface area contributed by atoms with Crippen LogP contribution in [-0.4, -0.2) is 7.11 Å². The molecule has 1 nitrogen and oxygen atoms in total. The fourth-order valence-corrected chi connectivity index (χ4v) is 1.21. The molecule has 0 saturated carbocycles. The summed E-state index contributed by atoms with van der Waals surface area (Å²) < 4.78 is 5.14. The first-order chi connectivity index (χ1) is 5.77. The van der Waals surface area contributed by atoms with Crippen LogP contribution in [0.5, 0.6) is 5.75 Å². The summed E-state index contributed by atoms with van der Waals surface area (Å²) in [6, 6.07) is 6.18. The molecule has 1 aromatic rings. The first-order valence-electron chi connectivity index (χ1n) is 4.19. The SMILES string of the molecule is C[CH]Cc1cc(OC)ccc1C. The van der Waals surface area contributed by atoms with E-state index in [0.29, 0.717) is 0 Å². The zero-order valence-corrected chi connectivity index (χ0v) is 7.92. The van der Waals surface area contributed by atoms with E-state index in [1.165, 1.54) is 11.1 Å². The van der Waals surface area contributed by atoms with Gasteiger partial charge in [-0.05, 0) is 43.0 Å². The Morgan fingerprint density at radius 3 is 2.75 bits per heavy atom. The molecule has 0 aliphatic carbocycles. The predicted molar refractivity (Wildman–Crippen MR) is 51.4 cm³/mol. The van der Waals surface area contributed by atoms with Gasteiger partial charge in [-0.3, -0.25) is 0 Å². The monoisotopic (exact) mass is 163 g/mol. The van der Waals surface area contributed by atoms with Gasteiger partial charge in [0.15, 0.2) is 0 Å². The molecular formula is C11H15O. The van der Waals surface area contributed by atoms with Crippen molar-refractivity contribution in [2.45, 2.75) is 20.3 Å². The predicted octanol–water partition coefficient (Wildman–Crippen LogP) is 2.77. The highest BCUT2D eigenvalue weighted by Crippen LogP contribution is 2.17. The van der Waals surface area contributed by atoms with Gasteiger partial charge in [0.25, 0.3) is 0 Å². The van der Waals surface area contributed by atoms with Crippen molar-refractivity contribution < 1.29 is 4.74 Å². The minimum Gasteiger partial charge on any atom is -0.497 e. The van der Waals surface area contributed by atoms with Gasteiger partial charge in [0.05, 0.1) is 7.11 Å². The Hall–Kier alpha value is -0.980. The maximum absolute atomic E-state index is 5.14. The molecule has 0 bridgehead atoms. The molecule has 0 saturated heterocycles. The van der Waals surface area contributed by atoms with Crippen LogP contribution in [-0.2, 0) is 6.42 Å². The molecule has 0 spiro atoms. The van der Waals surface area contributed by atoms with Gasteiger partial charge in [-0.2, -0.15) is 0 Å². The number of hydrogen-bond acceptors (Lipinski definition) is 1. The Morgan fingerprint density at radius 1 is 1.42 bits per heavy atom. The van der Waals surface area contributed by atoms with E-state index in [1.807, 2.05) is 6.07 Å². The second-order valence-corrected chi connectivity index (χ2v) is 2.90. The largest absolute Gasteiger partial charge is 0.497 e. The first-order valence-corrected chi connectivity index (χ1v) is 4.19. The summed E-state index contributed by atoms with van der Waals surface area (Å²) >= 11 is 0. The fourth-order valence-electron chi connectivity index (χ4n) is 1.21. The number of hydrogen-bond donors (Lipinski definition) is 0. The number of benzene rings is 1. The van der Waals surface area contributed by atoms with E-state index in [0.717, 1.165) is 12.2 Å². The van der Waals surface area contributed by atoms with Crippen LogP contribution < -0.4 is 4.74 Å². The Kier molecular flexibility index (Phi) is 3.15. The van der Waals surface area contributed by atoms with Crippen LogP contribution in [0, 0.1) is 13.3 Å². The van der Waals surface area contributed by atoms with Gasteiger partial charge in [0, 0.05) is 0 Å². The van der Waals surface area contributed by atoms with Crippen LogP contribution in [0.15, 0.2) is 18.2 Å². The Balaban J connectivity index is 2.91. The van der Waals surface area contributed by atoms with Crippen molar-refractivity contribution in [1.29, 1.82) is 0 Å². The summed E-state index contributed by atoms with van der Waals surface area (Å²) in [5, 5.41) is 0. The molecule has 0 heterocycles. The average Bonchev–Trinajstić information content (AvgIpc) is 2.09. The Labute approximate surface area is 74.4 Å². The van der Waals surface area contributed by atoms with Crippen molar-refractivity contribution in [1.82, 2.24) is 0 Å². The van der Waals surface area contributed by atoms with Crippen molar-refractivity contribution >= 4 is 0 Å². The van der Waals surface area contributed by atoms with Crippen LogP contribution in [0.25, 0.3) is 0 Å². The average molecular weight is 163 g/mol. The van der Waals surface area contributed by atoms with Crippen molar-refractivity contribution in [3.63, 3.8) is 0 Å². The summed E-state index contributed by atoms with van der Waals surface area (Å²) in [7, 11) is 1.70. The lowest BCUT2D eigenvalue weighted by atomic mass is 10.0. The summed E-state index contributed by atoms with van der Waals surface area (Å²) in [5.41, 5.74) is 2.67. The van der Waals surface area contributed by atoms with Crippen LogP contribution in [0.1, 0.15) is 18.1 Å². The topological polar surface area (TPSA) is 9.23 Å². The van der Waals surface area contributed by atoms with E-state index in [2.05, 4.69) is 32.4 Å². The maximum Gasteiger partial charge on any atom is 0.119 e. The highest BCUT2D eigenvalue weighted by molar-refractivity contribution is 5.35. The van der Waals surface area contributed by atoms with Crippen LogP contribution in [0.4, 0.5) is 0 Å². The second-order valence-electron chi connectivity index (χ2n) is 2.90. The molecule has 0 aliphatic heterocycles. The third-order valence-electron chi connectivity index (χ3n) is 1.98. The standard InChI is InChI=1S/C11H15O/c1-4-5-10-8-11(12-3)7-6-9(10)2/h4,6-8H,5H2,1-3H3. The molecule has 1 radical (unpaired) electrons. The molecule has 0 aromatic heterocycles. The quantitative estimate of drug-likeness (QED) is 0.665. The minimum absolute atomic E-state index is 0.942. The third kappa shape index (κ3) is 2.00. The molecule has 0 N–H and O–H groups in total. The van der Waals surface area contributed by atoms with Crippen molar-refractivity contribution in [3.05, 3.63) is 35.7 Å². The summed E-state index contributed by atoms with van der Waals surface area (Å²) in [6.07, 6.45) is 3.17. The molecule has 1 heteroatoms. The van der Waals surface area contributed by atoms with Gasteiger partial charge in [0.1, 0.15) is 5.75 Å². The summed E-state index contributed by atoms with van der Waals surface area (Å²) in [6.45, 7) is 4.19. The lowest BCUT2D eigenvalue weighted by Gasteiger charge is -2.06. The van der Waals surface area contributed by atoms with E-state index < -0.39 is 0 Å². The third-order valence-corrected chi connectivity index (χ3v) is 1.98. The van der Waals surface area contributed by atoms with Gasteiger partial charge < -0.3 is 4.74 Å². The van der Waals surface area contributed by atoms with E-state index in [9.17, 15) is 0 Å². The Morgan fingerprint density at radius 2 is 2.17 bits per heavy atom. The van der Waals surface area contributed by atoms with Gasteiger partial charge in [-0.15, -0.1) is 0 Å². The van der Waals surface area contributed by atoms with E-state index in [1.54, 1.807) is 7.11 Å². The van der Waals surface area contributed by atoms with E-state index in [4.69, 9.17) is 4.74 Å². The fraction of sp³-hybridized carbons (Fsp3) is 0.364. The lowest BCUT2D eigenvalue weighted by molar-refractivity contribution is 0.414. The molecule has 0 unspecified atom stereocenters. The van der Waals surface area contributed by atoms with Crippen molar-refractivity contribution in [2.75, 3.05) is 7.11 Å². The molecule has 65 valence electrons. The molecule has 12 heavy (non-hydrogen) atoms. The smallest absolute Gasteiger partial charge is 0.119 e. The number of rotatable bonds is 3. The second kappa shape index (κ2) is 4.15.